The highest BCUT2D eigenvalue weighted by atomic mass is 15.1. The smallest absolute Gasteiger partial charge is 0.126 e. The summed E-state index contributed by atoms with van der Waals surface area (Å²) >= 11 is 0. The minimum absolute atomic E-state index is 0.689. The minimum Gasteiger partial charge on any atom is -0.383 e. The van der Waals surface area contributed by atoms with E-state index >= 15 is 0 Å². The second-order valence-electron chi connectivity index (χ2n) is 4.20. The number of anilines is 1. The van der Waals surface area contributed by atoms with Crippen molar-refractivity contribution in [1.82, 2.24) is 9.88 Å². The maximum atomic E-state index is 5.81. The second-order valence-corrected chi connectivity index (χ2v) is 4.20. The molecule has 0 saturated carbocycles. The number of nitrogen functional groups attached to an aromatic ring is 1. The summed E-state index contributed by atoms with van der Waals surface area (Å²) < 4.78 is 0. The summed E-state index contributed by atoms with van der Waals surface area (Å²) in [6.45, 7) is 3.62. The molecular weight excluding hydrogens is 186 g/mol. The van der Waals surface area contributed by atoms with Crippen molar-refractivity contribution < 1.29 is 0 Å². The van der Waals surface area contributed by atoms with Gasteiger partial charge in [-0.2, -0.15) is 0 Å². The van der Waals surface area contributed by atoms with E-state index in [1.165, 1.54) is 37.9 Å². The summed E-state index contributed by atoms with van der Waals surface area (Å²) in [6, 6.07) is 4.04. The van der Waals surface area contributed by atoms with Crippen LogP contribution in [0, 0.1) is 0 Å². The van der Waals surface area contributed by atoms with E-state index in [0.29, 0.717) is 5.82 Å². The first-order chi connectivity index (χ1) is 7.36. The quantitative estimate of drug-likeness (QED) is 0.816. The number of rotatable bonds is 3. The Bertz CT molecular complexity index is 305. The number of nitrogens with two attached hydrogens (primary N) is 1. The normalized spacial score (nSPS) is 17.9. The molecule has 0 unspecified atom stereocenters. The largest absolute Gasteiger partial charge is 0.383 e. The van der Waals surface area contributed by atoms with Crippen molar-refractivity contribution in [3.05, 3.63) is 23.9 Å². The molecule has 1 aliphatic heterocycles. The highest BCUT2D eigenvalue weighted by Crippen LogP contribution is 2.12. The lowest BCUT2D eigenvalue weighted by molar-refractivity contribution is 0.231. The molecule has 15 heavy (non-hydrogen) atoms. The molecule has 0 bridgehead atoms. The van der Waals surface area contributed by atoms with Crippen LogP contribution in [0.3, 0.4) is 0 Å². The maximum absolute atomic E-state index is 5.81. The summed E-state index contributed by atoms with van der Waals surface area (Å²) in [5.74, 6) is 0.689. The molecule has 1 fully saturated rings. The Morgan fingerprint density at radius 2 is 2.07 bits per heavy atom. The summed E-state index contributed by atoms with van der Waals surface area (Å²) in [4.78, 5) is 6.63. The molecule has 0 aliphatic carbocycles. The molecule has 1 aliphatic rings. The zero-order chi connectivity index (χ0) is 10.5. The van der Waals surface area contributed by atoms with Gasteiger partial charge in [0.2, 0.25) is 0 Å². The molecule has 0 atom stereocenters. The fraction of sp³-hybridized carbons (Fsp3) is 0.583. The van der Waals surface area contributed by atoms with Gasteiger partial charge in [0.25, 0.3) is 0 Å². The third-order valence-corrected chi connectivity index (χ3v) is 3.07. The third kappa shape index (κ3) is 2.93. The van der Waals surface area contributed by atoms with E-state index in [1.54, 1.807) is 6.20 Å². The summed E-state index contributed by atoms with van der Waals surface area (Å²) in [5, 5.41) is 0. The number of nitrogens with zero attached hydrogens (tertiary/aromatic N) is 2. The lowest BCUT2D eigenvalue weighted by atomic mass is 10.1. The molecule has 1 aromatic rings. The van der Waals surface area contributed by atoms with E-state index in [9.17, 15) is 0 Å². The number of pyridine rings is 1. The third-order valence-electron chi connectivity index (χ3n) is 3.07. The number of piperidine rings is 1. The predicted molar refractivity (Wildman–Crippen MR) is 62.6 cm³/mol. The van der Waals surface area contributed by atoms with Gasteiger partial charge in [0.05, 0.1) is 0 Å². The summed E-state index contributed by atoms with van der Waals surface area (Å²) in [5.41, 5.74) is 6.99. The van der Waals surface area contributed by atoms with E-state index in [2.05, 4.69) is 16.0 Å². The number of hydrogen-bond acceptors (Lipinski definition) is 3. The summed E-state index contributed by atoms with van der Waals surface area (Å²) in [7, 11) is 0. The van der Waals surface area contributed by atoms with Crippen LogP contribution in [0.25, 0.3) is 0 Å². The van der Waals surface area contributed by atoms with Gasteiger partial charge in [-0.05, 0) is 44.0 Å². The van der Waals surface area contributed by atoms with Gasteiger partial charge in [0.15, 0.2) is 0 Å². The first-order valence-corrected chi connectivity index (χ1v) is 5.78. The Labute approximate surface area is 91.3 Å². The van der Waals surface area contributed by atoms with Gasteiger partial charge in [0.1, 0.15) is 5.82 Å². The standard InChI is InChI=1S/C12H19N3/c13-12-11(5-4-7-14-12)6-10-15-8-2-1-3-9-15/h4-5,7H,1-3,6,8-10H2,(H2,13,14). The molecule has 2 rings (SSSR count). The van der Waals surface area contributed by atoms with Crippen LogP contribution in [0.4, 0.5) is 5.82 Å². The van der Waals surface area contributed by atoms with Crippen LogP contribution in [0.5, 0.6) is 0 Å². The number of aromatic nitrogens is 1. The molecule has 1 aromatic heterocycles. The van der Waals surface area contributed by atoms with E-state index in [4.69, 9.17) is 5.73 Å². The average molecular weight is 205 g/mol. The lowest BCUT2D eigenvalue weighted by Gasteiger charge is -2.26. The van der Waals surface area contributed by atoms with Gasteiger partial charge in [-0.25, -0.2) is 4.98 Å². The fourth-order valence-corrected chi connectivity index (χ4v) is 2.12. The van der Waals surface area contributed by atoms with Crippen molar-refractivity contribution in [3.63, 3.8) is 0 Å². The summed E-state index contributed by atoms with van der Waals surface area (Å²) in [6.07, 6.45) is 6.87. The topological polar surface area (TPSA) is 42.1 Å². The van der Waals surface area contributed by atoms with Crippen LogP contribution >= 0.6 is 0 Å². The SMILES string of the molecule is Nc1ncccc1CCN1CCCCC1. The van der Waals surface area contributed by atoms with Crippen molar-refractivity contribution in [3.8, 4) is 0 Å². The van der Waals surface area contributed by atoms with E-state index in [0.717, 1.165) is 13.0 Å². The molecule has 2 heterocycles. The van der Waals surface area contributed by atoms with Gasteiger partial charge in [0, 0.05) is 12.7 Å². The molecule has 0 spiro atoms. The lowest BCUT2D eigenvalue weighted by Crippen LogP contribution is -2.31. The number of hydrogen-bond donors (Lipinski definition) is 1. The molecule has 2 N–H and O–H groups in total. The predicted octanol–water partition coefficient (Wildman–Crippen LogP) is 1.69. The van der Waals surface area contributed by atoms with Crippen molar-refractivity contribution >= 4 is 5.82 Å². The van der Waals surface area contributed by atoms with E-state index < -0.39 is 0 Å². The van der Waals surface area contributed by atoms with E-state index in [-0.39, 0.29) is 0 Å². The first-order valence-electron chi connectivity index (χ1n) is 5.78. The van der Waals surface area contributed by atoms with Crippen LogP contribution < -0.4 is 5.73 Å². The van der Waals surface area contributed by atoms with Gasteiger partial charge >= 0.3 is 0 Å². The van der Waals surface area contributed by atoms with Gasteiger partial charge in [-0.3, -0.25) is 0 Å². The van der Waals surface area contributed by atoms with Crippen molar-refractivity contribution in [2.45, 2.75) is 25.7 Å². The average Bonchev–Trinajstić information content (AvgIpc) is 2.29. The molecule has 1 saturated heterocycles. The minimum atomic E-state index is 0.689. The van der Waals surface area contributed by atoms with Crippen LogP contribution in [-0.4, -0.2) is 29.5 Å². The maximum Gasteiger partial charge on any atom is 0.126 e. The highest BCUT2D eigenvalue weighted by Gasteiger charge is 2.10. The molecule has 3 heteroatoms. The molecule has 0 radical (unpaired) electrons. The highest BCUT2D eigenvalue weighted by molar-refractivity contribution is 5.38. The fourth-order valence-electron chi connectivity index (χ4n) is 2.12. The monoisotopic (exact) mass is 205 g/mol. The van der Waals surface area contributed by atoms with E-state index in [1.807, 2.05) is 6.07 Å². The van der Waals surface area contributed by atoms with Gasteiger partial charge in [-0.1, -0.05) is 12.5 Å². The van der Waals surface area contributed by atoms with Crippen molar-refractivity contribution in [2.24, 2.45) is 0 Å². The van der Waals surface area contributed by atoms with Crippen LogP contribution in [0.2, 0.25) is 0 Å². The zero-order valence-electron chi connectivity index (χ0n) is 9.15. The van der Waals surface area contributed by atoms with Crippen molar-refractivity contribution in [2.75, 3.05) is 25.4 Å². The first kappa shape index (κ1) is 10.4. The Kier molecular flexibility index (Phi) is 3.56. The molecular formula is C12H19N3. The second kappa shape index (κ2) is 5.12. The van der Waals surface area contributed by atoms with Crippen LogP contribution in [0.1, 0.15) is 24.8 Å². The molecule has 0 aromatic carbocycles. The van der Waals surface area contributed by atoms with Gasteiger partial charge < -0.3 is 10.6 Å². The van der Waals surface area contributed by atoms with Gasteiger partial charge in [-0.15, -0.1) is 0 Å². The molecule has 3 nitrogen and oxygen atoms in total. The Morgan fingerprint density at radius 1 is 1.27 bits per heavy atom. The Balaban J connectivity index is 1.84. The number of likely N-dealkylation sites (tertiary alicyclic amines) is 1. The molecule has 82 valence electrons. The van der Waals surface area contributed by atoms with Crippen LogP contribution in [-0.2, 0) is 6.42 Å². The van der Waals surface area contributed by atoms with Crippen molar-refractivity contribution in [1.29, 1.82) is 0 Å². The van der Waals surface area contributed by atoms with Crippen LogP contribution in [0.15, 0.2) is 18.3 Å². The zero-order valence-corrected chi connectivity index (χ0v) is 9.15. The Hall–Kier alpha value is -1.09. The molecule has 0 amide bonds. The Morgan fingerprint density at radius 3 is 2.80 bits per heavy atom.